The molecule has 17 heavy (non-hydrogen) atoms. The van der Waals surface area contributed by atoms with Crippen molar-refractivity contribution < 1.29 is 9.84 Å². The number of nitriles is 1. The third kappa shape index (κ3) is 5.45. The Kier molecular flexibility index (Phi) is 6.99. The molecule has 4 nitrogen and oxygen atoms in total. The smallest absolute Gasteiger partial charge is 0.0698 e. The van der Waals surface area contributed by atoms with Crippen molar-refractivity contribution in [1.29, 1.82) is 5.26 Å². The minimum Gasteiger partial charge on any atom is -0.394 e. The van der Waals surface area contributed by atoms with Gasteiger partial charge in [0.1, 0.15) is 0 Å². The molecule has 1 rings (SSSR count). The number of hydrogen-bond acceptors (Lipinski definition) is 4. The zero-order valence-electron chi connectivity index (χ0n) is 9.80. The molecule has 0 bridgehead atoms. The molecular formula is C13H18N2O2. The highest BCUT2D eigenvalue weighted by Gasteiger charge is 2.09. The van der Waals surface area contributed by atoms with Crippen LogP contribution in [-0.4, -0.2) is 31.5 Å². The lowest BCUT2D eigenvalue weighted by molar-refractivity contribution is 0.0926. The van der Waals surface area contributed by atoms with Crippen molar-refractivity contribution in [1.82, 2.24) is 5.32 Å². The average Bonchev–Trinajstić information content (AvgIpc) is 2.38. The minimum absolute atomic E-state index is 0.0407. The molecule has 0 aliphatic rings. The SMILES string of the molecule is N#CCC(NCCOCCO)c1ccccc1. The zero-order valence-corrected chi connectivity index (χ0v) is 9.80. The molecule has 0 aliphatic carbocycles. The number of nitrogens with zero attached hydrogens (tertiary/aromatic N) is 1. The Bertz CT molecular complexity index is 335. The van der Waals surface area contributed by atoms with Crippen LogP contribution in [0.3, 0.4) is 0 Å². The van der Waals surface area contributed by atoms with E-state index in [4.69, 9.17) is 15.1 Å². The van der Waals surface area contributed by atoms with Crippen LogP contribution in [0.2, 0.25) is 0 Å². The second-order valence-electron chi connectivity index (χ2n) is 3.62. The predicted molar refractivity (Wildman–Crippen MR) is 65.3 cm³/mol. The van der Waals surface area contributed by atoms with Crippen molar-refractivity contribution in [3.8, 4) is 6.07 Å². The van der Waals surface area contributed by atoms with E-state index in [0.29, 0.717) is 26.2 Å². The van der Waals surface area contributed by atoms with Gasteiger partial charge < -0.3 is 15.2 Å². The summed E-state index contributed by atoms with van der Waals surface area (Å²) in [6, 6.07) is 12.1. The van der Waals surface area contributed by atoms with Crippen LogP contribution in [0, 0.1) is 11.3 Å². The summed E-state index contributed by atoms with van der Waals surface area (Å²) in [6.45, 7) is 1.60. The normalized spacial score (nSPS) is 12.0. The molecule has 0 heterocycles. The Morgan fingerprint density at radius 3 is 2.71 bits per heavy atom. The van der Waals surface area contributed by atoms with Gasteiger partial charge in [0.2, 0.25) is 0 Å². The second-order valence-corrected chi connectivity index (χ2v) is 3.62. The van der Waals surface area contributed by atoms with Gasteiger partial charge in [-0.1, -0.05) is 30.3 Å². The highest BCUT2D eigenvalue weighted by Crippen LogP contribution is 2.15. The molecule has 4 heteroatoms. The van der Waals surface area contributed by atoms with Gasteiger partial charge in [-0.25, -0.2) is 0 Å². The molecule has 1 aromatic rings. The first-order valence-electron chi connectivity index (χ1n) is 5.72. The van der Waals surface area contributed by atoms with Crippen molar-refractivity contribution in [3.05, 3.63) is 35.9 Å². The Hall–Kier alpha value is -1.41. The van der Waals surface area contributed by atoms with Crippen LogP contribution in [0.4, 0.5) is 0 Å². The molecular weight excluding hydrogens is 216 g/mol. The maximum absolute atomic E-state index is 8.78. The third-order valence-electron chi connectivity index (χ3n) is 2.37. The van der Waals surface area contributed by atoms with E-state index < -0.39 is 0 Å². The van der Waals surface area contributed by atoms with E-state index in [1.807, 2.05) is 30.3 Å². The van der Waals surface area contributed by atoms with Gasteiger partial charge in [-0.3, -0.25) is 0 Å². The lowest BCUT2D eigenvalue weighted by atomic mass is 10.0. The summed E-state index contributed by atoms with van der Waals surface area (Å²) in [5.74, 6) is 0. The first-order chi connectivity index (χ1) is 8.38. The first kappa shape index (κ1) is 13.7. The van der Waals surface area contributed by atoms with Crippen molar-refractivity contribution in [2.45, 2.75) is 12.5 Å². The molecule has 0 fully saturated rings. The molecule has 92 valence electrons. The van der Waals surface area contributed by atoms with Gasteiger partial charge in [-0.05, 0) is 5.56 Å². The number of nitrogens with one attached hydrogen (secondary N) is 1. The molecule has 0 saturated heterocycles. The van der Waals surface area contributed by atoms with Gasteiger partial charge in [0, 0.05) is 12.6 Å². The van der Waals surface area contributed by atoms with Gasteiger partial charge in [0.25, 0.3) is 0 Å². The largest absolute Gasteiger partial charge is 0.394 e. The van der Waals surface area contributed by atoms with E-state index in [2.05, 4.69) is 11.4 Å². The number of rotatable bonds is 8. The van der Waals surface area contributed by atoms with Crippen molar-refractivity contribution in [3.63, 3.8) is 0 Å². The minimum atomic E-state index is 0.0407. The Morgan fingerprint density at radius 1 is 1.29 bits per heavy atom. The fourth-order valence-electron chi connectivity index (χ4n) is 1.56. The van der Waals surface area contributed by atoms with Crippen LogP contribution in [0.5, 0.6) is 0 Å². The Morgan fingerprint density at radius 2 is 2.06 bits per heavy atom. The standard InChI is InChI=1S/C13H18N2O2/c14-7-6-13(12-4-2-1-3-5-12)15-8-10-17-11-9-16/h1-5,13,15-16H,6,8-11H2. The number of aliphatic hydroxyl groups is 1. The Labute approximate surface area is 102 Å². The predicted octanol–water partition coefficient (Wildman–Crippen LogP) is 1.24. The van der Waals surface area contributed by atoms with E-state index in [1.165, 1.54) is 0 Å². The summed E-state index contributed by atoms with van der Waals surface area (Å²) in [4.78, 5) is 0. The van der Waals surface area contributed by atoms with Crippen molar-refractivity contribution in [2.75, 3.05) is 26.4 Å². The summed E-state index contributed by atoms with van der Waals surface area (Å²) >= 11 is 0. The van der Waals surface area contributed by atoms with Gasteiger partial charge in [0.05, 0.1) is 32.3 Å². The van der Waals surface area contributed by atoms with Crippen LogP contribution < -0.4 is 5.32 Å². The fraction of sp³-hybridized carbons (Fsp3) is 0.462. The summed E-state index contributed by atoms with van der Waals surface area (Å²) in [6.07, 6.45) is 0.435. The third-order valence-corrected chi connectivity index (χ3v) is 2.37. The van der Waals surface area contributed by atoms with E-state index in [0.717, 1.165) is 5.56 Å². The number of benzene rings is 1. The number of ether oxygens (including phenoxy) is 1. The Balaban J connectivity index is 2.37. The van der Waals surface area contributed by atoms with E-state index in [9.17, 15) is 0 Å². The molecule has 0 radical (unpaired) electrons. The number of hydrogen-bond donors (Lipinski definition) is 2. The van der Waals surface area contributed by atoms with Gasteiger partial charge in [-0.2, -0.15) is 5.26 Å². The molecule has 2 N–H and O–H groups in total. The summed E-state index contributed by atoms with van der Waals surface area (Å²) in [7, 11) is 0. The van der Waals surface area contributed by atoms with Crippen LogP contribution in [0.15, 0.2) is 30.3 Å². The quantitative estimate of drug-likeness (QED) is 0.664. The fourth-order valence-corrected chi connectivity index (χ4v) is 1.56. The number of aliphatic hydroxyl groups excluding tert-OH is 1. The first-order valence-corrected chi connectivity index (χ1v) is 5.72. The van der Waals surface area contributed by atoms with Crippen LogP contribution >= 0.6 is 0 Å². The lowest BCUT2D eigenvalue weighted by Gasteiger charge is -2.16. The molecule has 1 aromatic carbocycles. The maximum atomic E-state index is 8.78. The molecule has 0 aliphatic heterocycles. The molecule has 0 aromatic heterocycles. The summed E-state index contributed by atoms with van der Waals surface area (Å²) < 4.78 is 5.15. The average molecular weight is 234 g/mol. The monoisotopic (exact) mass is 234 g/mol. The van der Waals surface area contributed by atoms with Gasteiger partial charge >= 0.3 is 0 Å². The van der Waals surface area contributed by atoms with E-state index in [1.54, 1.807) is 0 Å². The van der Waals surface area contributed by atoms with Crippen LogP contribution in [0.25, 0.3) is 0 Å². The highest BCUT2D eigenvalue weighted by atomic mass is 16.5. The maximum Gasteiger partial charge on any atom is 0.0698 e. The van der Waals surface area contributed by atoms with Crippen LogP contribution in [0.1, 0.15) is 18.0 Å². The topological polar surface area (TPSA) is 65.3 Å². The van der Waals surface area contributed by atoms with Crippen molar-refractivity contribution >= 4 is 0 Å². The van der Waals surface area contributed by atoms with E-state index in [-0.39, 0.29) is 12.6 Å². The highest BCUT2D eigenvalue weighted by molar-refractivity contribution is 5.19. The summed E-state index contributed by atoms with van der Waals surface area (Å²) in [5, 5.41) is 20.6. The second kappa shape index (κ2) is 8.71. The van der Waals surface area contributed by atoms with Gasteiger partial charge in [0.15, 0.2) is 0 Å². The van der Waals surface area contributed by atoms with Crippen molar-refractivity contribution in [2.24, 2.45) is 0 Å². The molecule has 1 atom stereocenters. The molecule has 0 amide bonds. The molecule has 1 unspecified atom stereocenters. The lowest BCUT2D eigenvalue weighted by Crippen LogP contribution is -2.25. The van der Waals surface area contributed by atoms with Gasteiger partial charge in [-0.15, -0.1) is 0 Å². The summed E-state index contributed by atoms with van der Waals surface area (Å²) in [5.41, 5.74) is 1.11. The zero-order chi connectivity index (χ0) is 12.3. The van der Waals surface area contributed by atoms with E-state index >= 15 is 0 Å². The molecule has 0 saturated carbocycles. The van der Waals surface area contributed by atoms with Crippen LogP contribution in [-0.2, 0) is 4.74 Å². The molecule has 0 spiro atoms.